The van der Waals surface area contributed by atoms with Crippen molar-refractivity contribution in [2.45, 2.75) is 38.7 Å². The average Bonchev–Trinajstić information content (AvgIpc) is 3.29. The smallest absolute Gasteiger partial charge is 0.161 e. The molecule has 0 amide bonds. The summed E-state index contributed by atoms with van der Waals surface area (Å²) in [6.45, 7) is 3.57. The Labute approximate surface area is 186 Å². The molecule has 0 saturated heterocycles. The van der Waals surface area contributed by atoms with E-state index in [1.165, 1.54) is 19.1 Å². The van der Waals surface area contributed by atoms with Crippen molar-refractivity contribution in [1.82, 2.24) is 9.78 Å². The second-order valence-electron chi connectivity index (χ2n) is 8.83. The molecular weight excluding hydrogens is 403 g/mol. The third kappa shape index (κ3) is 3.11. The van der Waals surface area contributed by atoms with Gasteiger partial charge in [-0.3, -0.25) is 4.79 Å². The summed E-state index contributed by atoms with van der Waals surface area (Å²) in [5, 5.41) is 16.2. The number of fused-ring (bicyclic) bond motifs is 2. The highest BCUT2D eigenvalue weighted by Crippen LogP contribution is 2.55. The first kappa shape index (κ1) is 20.4. The number of hydrogen-bond acceptors (Lipinski definition) is 3. The number of aliphatic hydroxyl groups is 1. The maximum Gasteiger partial charge on any atom is 0.161 e. The second-order valence-corrected chi connectivity index (χ2v) is 8.83. The van der Waals surface area contributed by atoms with Crippen molar-refractivity contribution in [3.05, 3.63) is 88.5 Å². The molecule has 160 valence electrons. The molecule has 0 bridgehead atoms. The summed E-state index contributed by atoms with van der Waals surface area (Å²) in [5.41, 5.74) is 3.35. The average molecular weight is 426 g/mol. The van der Waals surface area contributed by atoms with Crippen LogP contribution in [0.3, 0.4) is 0 Å². The molecule has 2 aliphatic carbocycles. The van der Waals surface area contributed by atoms with Crippen LogP contribution >= 0.6 is 0 Å². The van der Waals surface area contributed by atoms with Crippen molar-refractivity contribution in [2.75, 3.05) is 0 Å². The number of aromatic nitrogens is 2. The maximum absolute atomic E-state index is 13.3. The Balaban J connectivity index is 1.52. The summed E-state index contributed by atoms with van der Waals surface area (Å²) in [5.74, 6) is 5.89. The minimum atomic E-state index is -1.21. The van der Waals surface area contributed by atoms with Gasteiger partial charge in [-0.2, -0.15) is 5.10 Å². The van der Waals surface area contributed by atoms with E-state index in [-0.39, 0.29) is 11.6 Å². The fourth-order valence-electron chi connectivity index (χ4n) is 4.91. The number of Topliss-reactive ketones (excluding diaryl/α,β-unsaturated/α-hetero) is 1. The molecule has 1 saturated carbocycles. The topological polar surface area (TPSA) is 55.1 Å². The molecule has 0 radical (unpaired) electrons. The molecule has 32 heavy (non-hydrogen) atoms. The lowest BCUT2D eigenvalue weighted by molar-refractivity contribution is 0.0153. The number of carbonyl (C=O) groups excluding carboxylic acids is 1. The molecule has 1 heterocycles. The van der Waals surface area contributed by atoms with Gasteiger partial charge in [0, 0.05) is 16.5 Å². The molecule has 0 unspecified atom stereocenters. The van der Waals surface area contributed by atoms with Gasteiger partial charge in [-0.1, -0.05) is 42.5 Å². The fourth-order valence-corrected chi connectivity index (χ4v) is 4.91. The number of ketones is 1. The first-order valence-electron chi connectivity index (χ1n) is 10.7. The lowest BCUT2D eigenvalue weighted by atomic mass is 9.67. The molecule has 2 aliphatic rings. The Morgan fingerprint density at radius 1 is 1.19 bits per heavy atom. The Bertz CT molecular complexity index is 1330. The summed E-state index contributed by atoms with van der Waals surface area (Å²) in [6.07, 6.45) is 5.77. The third-order valence-electron chi connectivity index (χ3n) is 6.90. The Hall–Kier alpha value is -3.49. The van der Waals surface area contributed by atoms with Crippen molar-refractivity contribution in [1.29, 1.82) is 0 Å². The van der Waals surface area contributed by atoms with Crippen LogP contribution in [-0.4, -0.2) is 26.3 Å². The largest absolute Gasteiger partial charge is 0.377 e. The number of benzene rings is 2. The van der Waals surface area contributed by atoms with Crippen LogP contribution in [0.2, 0.25) is 0 Å². The molecule has 3 aromatic rings. The van der Waals surface area contributed by atoms with Gasteiger partial charge in [0.15, 0.2) is 5.78 Å². The van der Waals surface area contributed by atoms with Gasteiger partial charge in [-0.15, -0.1) is 0 Å². The fraction of sp³-hybridized carbons (Fsp3) is 0.259. The lowest BCUT2D eigenvalue weighted by Crippen LogP contribution is -2.44. The third-order valence-corrected chi connectivity index (χ3v) is 6.90. The zero-order valence-corrected chi connectivity index (χ0v) is 18.0. The van der Waals surface area contributed by atoms with Crippen LogP contribution in [0.5, 0.6) is 0 Å². The Morgan fingerprint density at radius 2 is 1.94 bits per heavy atom. The van der Waals surface area contributed by atoms with Crippen LogP contribution in [0, 0.1) is 23.1 Å². The first-order chi connectivity index (χ1) is 15.3. The predicted octanol–water partition coefficient (Wildman–Crippen LogP) is 4.74. The standard InChI is InChI=1S/C27H23FN2O2/c1-18(31)24-6-4-3-5-19(24)11-13-27(32)14-12-21-15-25-20(16-26(21,27)2)17-29-30(25)23-9-7-22(28)8-10-23/h3-10,15,17,32H,12,14,16H2,1-2H3/t26-,27-/m0/s1. The van der Waals surface area contributed by atoms with Crippen molar-refractivity contribution < 1.29 is 14.3 Å². The van der Waals surface area contributed by atoms with E-state index < -0.39 is 11.0 Å². The van der Waals surface area contributed by atoms with E-state index in [4.69, 9.17) is 0 Å². The monoisotopic (exact) mass is 426 g/mol. The van der Waals surface area contributed by atoms with Crippen LogP contribution in [-0.2, 0) is 6.42 Å². The molecule has 1 aromatic heterocycles. The number of carbonyl (C=O) groups is 1. The number of hydrogen-bond donors (Lipinski definition) is 1. The van der Waals surface area contributed by atoms with Crippen molar-refractivity contribution in [2.24, 2.45) is 5.41 Å². The van der Waals surface area contributed by atoms with E-state index in [1.807, 2.05) is 29.1 Å². The van der Waals surface area contributed by atoms with Crippen LogP contribution in [0.25, 0.3) is 11.8 Å². The second kappa shape index (κ2) is 7.29. The summed E-state index contributed by atoms with van der Waals surface area (Å²) in [7, 11) is 0. The van der Waals surface area contributed by atoms with Gasteiger partial charge in [0.25, 0.3) is 0 Å². The molecule has 2 atom stereocenters. The van der Waals surface area contributed by atoms with Gasteiger partial charge >= 0.3 is 0 Å². The van der Waals surface area contributed by atoms with Gasteiger partial charge in [0.2, 0.25) is 0 Å². The van der Waals surface area contributed by atoms with E-state index >= 15 is 0 Å². The molecule has 5 heteroatoms. The normalized spacial score (nSPS) is 23.6. The highest BCUT2D eigenvalue weighted by atomic mass is 19.1. The van der Waals surface area contributed by atoms with Gasteiger partial charge < -0.3 is 5.11 Å². The summed E-state index contributed by atoms with van der Waals surface area (Å²) >= 11 is 0. The maximum atomic E-state index is 13.3. The van der Waals surface area contributed by atoms with E-state index in [0.717, 1.165) is 28.9 Å². The van der Waals surface area contributed by atoms with Crippen LogP contribution in [0.15, 0.2) is 60.3 Å². The van der Waals surface area contributed by atoms with E-state index in [0.29, 0.717) is 24.0 Å². The van der Waals surface area contributed by atoms with Crippen molar-refractivity contribution in [3.8, 4) is 17.5 Å². The number of nitrogens with zero attached hydrogens (tertiary/aromatic N) is 2. The quantitative estimate of drug-likeness (QED) is 0.476. The molecular formula is C27H23FN2O2. The van der Waals surface area contributed by atoms with E-state index in [2.05, 4.69) is 29.9 Å². The van der Waals surface area contributed by atoms with Crippen molar-refractivity contribution >= 4 is 11.9 Å². The first-order valence-corrected chi connectivity index (χ1v) is 10.7. The van der Waals surface area contributed by atoms with Crippen LogP contribution in [0.1, 0.15) is 53.9 Å². The molecule has 0 aliphatic heterocycles. The molecule has 1 fully saturated rings. The Kier molecular flexibility index (Phi) is 4.65. The minimum absolute atomic E-state index is 0.0457. The molecule has 2 aromatic carbocycles. The summed E-state index contributed by atoms with van der Waals surface area (Å²) in [6, 6.07) is 13.5. The summed E-state index contributed by atoms with van der Waals surface area (Å²) < 4.78 is 15.2. The molecule has 5 rings (SSSR count). The van der Waals surface area contributed by atoms with Crippen LogP contribution in [0.4, 0.5) is 4.39 Å². The van der Waals surface area contributed by atoms with Gasteiger partial charge in [-0.05, 0) is 68.2 Å². The van der Waals surface area contributed by atoms with Gasteiger partial charge in [0.05, 0.1) is 17.6 Å². The highest BCUT2D eigenvalue weighted by Gasteiger charge is 2.54. The molecule has 4 nitrogen and oxygen atoms in total. The minimum Gasteiger partial charge on any atom is -0.377 e. The van der Waals surface area contributed by atoms with Gasteiger partial charge in [0.1, 0.15) is 11.4 Å². The highest BCUT2D eigenvalue weighted by molar-refractivity contribution is 5.96. The SMILES string of the molecule is CC(=O)c1ccccc1C#C[C@]1(O)CCC2=Cc3c(cnn3-c3ccc(F)cc3)C[C@@]21C. The summed E-state index contributed by atoms with van der Waals surface area (Å²) in [4.78, 5) is 11.9. The number of halogens is 1. The van der Waals surface area contributed by atoms with Crippen molar-refractivity contribution in [3.63, 3.8) is 0 Å². The zero-order chi connectivity index (χ0) is 22.5. The van der Waals surface area contributed by atoms with Gasteiger partial charge in [-0.25, -0.2) is 9.07 Å². The number of rotatable bonds is 2. The van der Waals surface area contributed by atoms with E-state index in [1.54, 1.807) is 18.2 Å². The predicted molar refractivity (Wildman–Crippen MR) is 121 cm³/mol. The molecule has 1 N–H and O–H groups in total. The Morgan fingerprint density at radius 3 is 2.69 bits per heavy atom. The zero-order valence-electron chi connectivity index (χ0n) is 18.0. The van der Waals surface area contributed by atoms with Crippen LogP contribution < -0.4 is 0 Å². The van der Waals surface area contributed by atoms with E-state index in [9.17, 15) is 14.3 Å². The molecule has 0 spiro atoms. The lowest BCUT2D eigenvalue weighted by Gasteiger charge is -2.39.